The summed E-state index contributed by atoms with van der Waals surface area (Å²) >= 11 is 0. The van der Waals surface area contributed by atoms with E-state index in [1.165, 1.54) is 0 Å². The summed E-state index contributed by atoms with van der Waals surface area (Å²) in [7, 11) is 0. The molecule has 2 aliphatic heterocycles. The zero-order valence-electron chi connectivity index (χ0n) is 10.1. The molecule has 0 bridgehead atoms. The topological polar surface area (TPSA) is 78.5 Å². The average Bonchev–Trinajstić information content (AvgIpc) is 2.94. The lowest BCUT2D eigenvalue weighted by Crippen LogP contribution is -2.31. The van der Waals surface area contributed by atoms with E-state index in [1.54, 1.807) is 6.07 Å². The van der Waals surface area contributed by atoms with Crippen molar-refractivity contribution in [3.63, 3.8) is 0 Å². The highest BCUT2D eigenvalue weighted by Crippen LogP contribution is 2.35. The number of anilines is 2. The molecule has 2 saturated heterocycles. The van der Waals surface area contributed by atoms with Crippen LogP contribution in [-0.4, -0.2) is 31.3 Å². The standard InChI is InChI=1S/C13H13N3O3/c17-7-14-10-3-1-2-4-11(10)16-5-8-9(6-16)13(19)15-12(8)18/h1-4,7-9H,5-6H2,(H,14,17)(H,15,18,19)/t8-,9+. The molecule has 0 aromatic heterocycles. The Balaban J connectivity index is 1.87. The van der Waals surface area contributed by atoms with Crippen LogP contribution in [0.1, 0.15) is 0 Å². The second kappa shape index (κ2) is 4.38. The first-order valence-corrected chi connectivity index (χ1v) is 6.09. The Morgan fingerprint density at radius 1 is 1.16 bits per heavy atom. The molecule has 2 aliphatic rings. The van der Waals surface area contributed by atoms with Crippen molar-refractivity contribution in [2.45, 2.75) is 0 Å². The first-order chi connectivity index (χ1) is 9.20. The monoisotopic (exact) mass is 259 g/mol. The smallest absolute Gasteiger partial charge is 0.232 e. The van der Waals surface area contributed by atoms with Crippen molar-refractivity contribution in [3.8, 4) is 0 Å². The minimum atomic E-state index is -0.281. The third-order valence-corrected chi connectivity index (χ3v) is 3.70. The molecule has 3 rings (SSSR count). The minimum Gasteiger partial charge on any atom is -0.368 e. The number of para-hydroxylation sites is 2. The normalized spacial score (nSPS) is 25.2. The molecule has 2 N–H and O–H groups in total. The van der Waals surface area contributed by atoms with Crippen molar-refractivity contribution in [2.24, 2.45) is 11.8 Å². The van der Waals surface area contributed by atoms with Gasteiger partial charge in [-0.05, 0) is 12.1 Å². The molecule has 0 radical (unpaired) electrons. The summed E-state index contributed by atoms with van der Waals surface area (Å²) in [4.78, 5) is 35.8. The maximum Gasteiger partial charge on any atom is 0.232 e. The number of carbonyl (C=O) groups excluding carboxylic acids is 3. The largest absolute Gasteiger partial charge is 0.368 e. The molecule has 0 saturated carbocycles. The third kappa shape index (κ3) is 1.85. The van der Waals surface area contributed by atoms with Crippen molar-refractivity contribution in [2.75, 3.05) is 23.3 Å². The van der Waals surface area contributed by atoms with Crippen LogP contribution in [0.4, 0.5) is 11.4 Å². The van der Waals surface area contributed by atoms with Crippen molar-refractivity contribution in [3.05, 3.63) is 24.3 Å². The zero-order valence-corrected chi connectivity index (χ0v) is 10.1. The Morgan fingerprint density at radius 2 is 1.79 bits per heavy atom. The zero-order chi connectivity index (χ0) is 13.4. The van der Waals surface area contributed by atoms with Gasteiger partial charge in [0.25, 0.3) is 0 Å². The molecular weight excluding hydrogens is 246 g/mol. The Morgan fingerprint density at radius 3 is 2.42 bits per heavy atom. The molecule has 2 heterocycles. The number of nitrogens with zero attached hydrogens (tertiary/aromatic N) is 1. The van der Waals surface area contributed by atoms with Crippen LogP contribution in [0.15, 0.2) is 24.3 Å². The number of hydrogen-bond acceptors (Lipinski definition) is 4. The van der Waals surface area contributed by atoms with Crippen LogP contribution in [0.3, 0.4) is 0 Å². The number of benzene rings is 1. The summed E-state index contributed by atoms with van der Waals surface area (Å²) in [6.45, 7) is 1.000. The van der Waals surface area contributed by atoms with E-state index in [1.807, 2.05) is 23.1 Å². The molecule has 0 aliphatic carbocycles. The van der Waals surface area contributed by atoms with Gasteiger partial charge in [0.1, 0.15) is 0 Å². The lowest BCUT2D eigenvalue weighted by molar-refractivity contribution is -0.126. The predicted octanol–water partition coefficient (Wildman–Crippen LogP) is -0.0363. The van der Waals surface area contributed by atoms with E-state index in [2.05, 4.69) is 10.6 Å². The van der Waals surface area contributed by atoms with Gasteiger partial charge in [0.15, 0.2) is 0 Å². The Bertz CT molecular complexity index is 536. The second-order valence-corrected chi connectivity index (χ2v) is 4.75. The number of amides is 3. The van der Waals surface area contributed by atoms with Crippen LogP contribution in [0.25, 0.3) is 0 Å². The highest BCUT2D eigenvalue weighted by atomic mass is 16.2. The average molecular weight is 259 g/mol. The van der Waals surface area contributed by atoms with Gasteiger partial charge >= 0.3 is 0 Å². The van der Waals surface area contributed by atoms with Gasteiger partial charge in [-0.3, -0.25) is 19.7 Å². The predicted molar refractivity (Wildman–Crippen MR) is 68.5 cm³/mol. The summed E-state index contributed by atoms with van der Waals surface area (Å²) in [5, 5.41) is 4.99. The maximum atomic E-state index is 11.6. The third-order valence-electron chi connectivity index (χ3n) is 3.70. The molecule has 6 heteroatoms. The van der Waals surface area contributed by atoms with Gasteiger partial charge in [-0.1, -0.05) is 12.1 Å². The molecular formula is C13H13N3O3. The van der Waals surface area contributed by atoms with Gasteiger partial charge < -0.3 is 10.2 Å². The van der Waals surface area contributed by atoms with Crippen molar-refractivity contribution >= 4 is 29.6 Å². The van der Waals surface area contributed by atoms with Crippen LogP contribution in [-0.2, 0) is 14.4 Å². The maximum absolute atomic E-state index is 11.6. The molecule has 2 atom stereocenters. The second-order valence-electron chi connectivity index (χ2n) is 4.75. The highest BCUT2D eigenvalue weighted by Gasteiger charge is 2.48. The van der Waals surface area contributed by atoms with Crippen LogP contribution in [0, 0.1) is 11.8 Å². The Kier molecular flexibility index (Phi) is 2.70. The first kappa shape index (κ1) is 11.7. The SMILES string of the molecule is O=CNc1ccccc1N1C[C@@H]2C(=O)NC(=O)[C@@H]2C1. The quantitative estimate of drug-likeness (QED) is 0.590. The Labute approximate surface area is 109 Å². The number of rotatable bonds is 3. The number of carbonyl (C=O) groups is 3. The lowest BCUT2D eigenvalue weighted by atomic mass is 10.00. The van der Waals surface area contributed by atoms with Crippen LogP contribution >= 0.6 is 0 Å². The summed E-state index contributed by atoms with van der Waals surface area (Å²) in [6.07, 6.45) is 0.619. The van der Waals surface area contributed by atoms with Gasteiger partial charge in [0, 0.05) is 13.1 Å². The van der Waals surface area contributed by atoms with Crippen LogP contribution in [0.5, 0.6) is 0 Å². The molecule has 1 aromatic carbocycles. The number of fused-ring (bicyclic) bond motifs is 1. The highest BCUT2D eigenvalue weighted by molar-refractivity contribution is 6.06. The molecule has 1 aromatic rings. The van der Waals surface area contributed by atoms with E-state index in [9.17, 15) is 14.4 Å². The van der Waals surface area contributed by atoms with Gasteiger partial charge in [0.2, 0.25) is 18.2 Å². The van der Waals surface area contributed by atoms with E-state index >= 15 is 0 Å². The van der Waals surface area contributed by atoms with E-state index in [0.29, 0.717) is 25.2 Å². The summed E-state index contributed by atoms with van der Waals surface area (Å²) in [5.74, 6) is -0.953. The molecule has 3 amide bonds. The fraction of sp³-hybridized carbons (Fsp3) is 0.308. The summed E-state index contributed by atoms with van der Waals surface area (Å²) < 4.78 is 0. The minimum absolute atomic E-state index is 0.196. The van der Waals surface area contributed by atoms with Crippen LogP contribution < -0.4 is 15.5 Å². The van der Waals surface area contributed by atoms with Crippen molar-refractivity contribution in [1.29, 1.82) is 0 Å². The molecule has 2 fully saturated rings. The van der Waals surface area contributed by atoms with Gasteiger partial charge in [0.05, 0.1) is 23.2 Å². The fourth-order valence-corrected chi connectivity index (χ4v) is 2.77. The van der Waals surface area contributed by atoms with Crippen molar-refractivity contribution in [1.82, 2.24) is 5.32 Å². The molecule has 0 unspecified atom stereocenters. The molecule has 19 heavy (non-hydrogen) atoms. The van der Waals surface area contributed by atoms with Gasteiger partial charge in [-0.25, -0.2) is 0 Å². The molecule has 6 nitrogen and oxygen atoms in total. The summed E-state index contributed by atoms with van der Waals surface area (Å²) in [5.41, 5.74) is 1.52. The number of hydrogen-bond donors (Lipinski definition) is 2. The molecule has 98 valence electrons. The van der Waals surface area contributed by atoms with Gasteiger partial charge in [-0.2, -0.15) is 0 Å². The molecule has 0 spiro atoms. The Hall–Kier alpha value is -2.37. The lowest BCUT2D eigenvalue weighted by Gasteiger charge is -2.22. The number of nitrogens with one attached hydrogen (secondary N) is 2. The van der Waals surface area contributed by atoms with E-state index in [0.717, 1.165) is 5.69 Å². The first-order valence-electron chi connectivity index (χ1n) is 6.09. The van der Waals surface area contributed by atoms with E-state index in [4.69, 9.17) is 0 Å². The van der Waals surface area contributed by atoms with Crippen molar-refractivity contribution < 1.29 is 14.4 Å². The number of imide groups is 1. The van der Waals surface area contributed by atoms with Gasteiger partial charge in [-0.15, -0.1) is 0 Å². The summed E-state index contributed by atoms with van der Waals surface area (Å²) in [6, 6.07) is 7.35. The van der Waals surface area contributed by atoms with Crippen LogP contribution in [0.2, 0.25) is 0 Å². The van der Waals surface area contributed by atoms with E-state index < -0.39 is 0 Å². The fourth-order valence-electron chi connectivity index (χ4n) is 2.77. The van der Waals surface area contributed by atoms with E-state index in [-0.39, 0.29) is 23.7 Å².